The average molecular weight is 471 g/mol. The Morgan fingerprint density at radius 3 is 2.46 bits per heavy atom. The lowest BCUT2D eigenvalue weighted by Gasteiger charge is -2.16. The fraction of sp³-hybridized carbons (Fsp3) is 0.154. The first-order valence-electron chi connectivity index (χ1n) is 11.0. The van der Waals surface area contributed by atoms with Gasteiger partial charge < -0.3 is 5.32 Å². The molecule has 1 aliphatic heterocycles. The Hall–Kier alpha value is -4.53. The normalized spacial score (nSPS) is 14.9. The second kappa shape index (κ2) is 8.35. The number of amides is 3. The highest BCUT2D eigenvalue weighted by molar-refractivity contribution is 6.14. The summed E-state index contributed by atoms with van der Waals surface area (Å²) in [4.78, 5) is 44.2. The summed E-state index contributed by atoms with van der Waals surface area (Å²) in [6.45, 7) is 5.24. The Kier molecular flexibility index (Phi) is 5.32. The molecule has 0 atom stereocenters. The molecule has 2 aromatic carbocycles. The van der Waals surface area contributed by atoms with Crippen molar-refractivity contribution in [1.29, 1.82) is 0 Å². The monoisotopic (exact) mass is 471 g/mol. The van der Waals surface area contributed by atoms with E-state index in [-0.39, 0.29) is 23.4 Å². The first kappa shape index (κ1) is 22.3. The maximum Gasteiger partial charge on any atom is 0.329 e. The Morgan fingerprint density at radius 2 is 1.69 bits per heavy atom. The van der Waals surface area contributed by atoms with E-state index in [1.807, 2.05) is 26.0 Å². The number of para-hydroxylation sites is 1. The van der Waals surface area contributed by atoms with Gasteiger partial charge in [-0.1, -0.05) is 30.3 Å². The van der Waals surface area contributed by atoms with Crippen LogP contribution in [0.1, 0.15) is 28.3 Å². The molecule has 176 valence electrons. The van der Waals surface area contributed by atoms with Crippen molar-refractivity contribution in [3.63, 3.8) is 0 Å². The van der Waals surface area contributed by atoms with Gasteiger partial charge in [0.05, 0.1) is 17.4 Å². The number of benzene rings is 2. The SMILES string of the molecule is Cc1cc(C=C2NC(=O)N(Cc3ccccc3F)C2=O)c(C)n1-n1c(C)nc2ccccc2c1=O. The van der Waals surface area contributed by atoms with E-state index >= 15 is 0 Å². The number of halogens is 1. The standard InChI is InChI=1S/C26H22FN5O3/c1-15-12-19(13-23-25(34)30(26(35)29-23)14-18-8-4-6-10-21(18)27)16(2)31(15)32-17(3)28-22-11-7-5-9-20(22)24(32)33/h4-13H,14H2,1-3H3,(H,29,35). The summed E-state index contributed by atoms with van der Waals surface area (Å²) in [5, 5.41) is 3.06. The summed E-state index contributed by atoms with van der Waals surface area (Å²) in [6.07, 6.45) is 1.56. The fourth-order valence-corrected chi connectivity index (χ4v) is 4.37. The van der Waals surface area contributed by atoms with Gasteiger partial charge in [0.1, 0.15) is 17.3 Å². The van der Waals surface area contributed by atoms with E-state index in [9.17, 15) is 18.8 Å². The van der Waals surface area contributed by atoms with Crippen LogP contribution in [0, 0.1) is 26.6 Å². The number of imide groups is 1. The molecular formula is C26H22FN5O3. The van der Waals surface area contributed by atoms with E-state index in [0.717, 1.165) is 10.6 Å². The molecule has 0 spiro atoms. The van der Waals surface area contributed by atoms with Gasteiger partial charge in [0.15, 0.2) is 0 Å². The van der Waals surface area contributed by atoms with Gasteiger partial charge in [-0.3, -0.25) is 19.2 Å². The molecule has 0 unspecified atom stereocenters. The summed E-state index contributed by atoms with van der Waals surface area (Å²) >= 11 is 0. The number of hydrogen-bond donors (Lipinski definition) is 1. The molecule has 0 radical (unpaired) electrons. The first-order valence-corrected chi connectivity index (χ1v) is 11.0. The van der Waals surface area contributed by atoms with Gasteiger partial charge in [-0.15, -0.1) is 0 Å². The van der Waals surface area contributed by atoms with Crippen molar-refractivity contribution in [2.75, 3.05) is 0 Å². The molecule has 0 aliphatic carbocycles. The molecule has 0 bridgehead atoms. The van der Waals surface area contributed by atoms with E-state index in [2.05, 4.69) is 10.3 Å². The van der Waals surface area contributed by atoms with Gasteiger partial charge in [0.2, 0.25) is 0 Å². The van der Waals surface area contributed by atoms with Crippen LogP contribution in [0.4, 0.5) is 9.18 Å². The molecule has 4 aromatic rings. The zero-order chi connectivity index (χ0) is 24.9. The summed E-state index contributed by atoms with van der Waals surface area (Å²) in [5.41, 5.74) is 2.81. The predicted molar refractivity (Wildman–Crippen MR) is 129 cm³/mol. The van der Waals surface area contributed by atoms with Crippen molar-refractivity contribution >= 4 is 28.9 Å². The van der Waals surface area contributed by atoms with E-state index in [4.69, 9.17) is 0 Å². The van der Waals surface area contributed by atoms with Crippen molar-refractivity contribution in [1.82, 2.24) is 24.6 Å². The minimum atomic E-state index is -0.621. The summed E-state index contributed by atoms with van der Waals surface area (Å²) in [5.74, 6) is -0.529. The highest BCUT2D eigenvalue weighted by atomic mass is 19.1. The Balaban J connectivity index is 1.53. The lowest BCUT2D eigenvalue weighted by molar-refractivity contribution is -0.123. The topological polar surface area (TPSA) is 89.2 Å². The molecule has 3 amide bonds. The lowest BCUT2D eigenvalue weighted by Crippen LogP contribution is -2.30. The van der Waals surface area contributed by atoms with Crippen LogP contribution in [0.2, 0.25) is 0 Å². The van der Waals surface area contributed by atoms with Gasteiger partial charge in [-0.2, -0.15) is 4.68 Å². The van der Waals surface area contributed by atoms with Crippen LogP contribution in [0.5, 0.6) is 0 Å². The maximum absolute atomic E-state index is 14.0. The third-order valence-corrected chi connectivity index (χ3v) is 6.10. The van der Waals surface area contributed by atoms with Crippen LogP contribution in [-0.4, -0.2) is 31.2 Å². The van der Waals surface area contributed by atoms with Crippen molar-refractivity contribution in [3.8, 4) is 0 Å². The molecule has 1 aliphatic rings. The molecule has 9 heteroatoms. The second-order valence-corrected chi connectivity index (χ2v) is 8.40. The second-order valence-electron chi connectivity index (χ2n) is 8.40. The van der Waals surface area contributed by atoms with Crippen LogP contribution in [-0.2, 0) is 11.3 Å². The third-order valence-electron chi connectivity index (χ3n) is 6.10. The fourth-order valence-electron chi connectivity index (χ4n) is 4.37. The van der Waals surface area contributed by atoms with E-state index in [1.165, 1.54) is 16.8 Å². The smallest absolute Gasteiger partial charge is 0.303 e. The molecule has 35 heavy (non-hydrogen) atoms. The van der Waals surface area contributed by atoms with Crippen LogP contribution in [0.15, 0.2) is 65.1 Å². The minimum absolute atomic E-state index is 0.0762. The highest BCUT2D eigenvalue weighted by Crippen LogP contribution is 2.22. The summed E-state index contributed by atoms with van der Waals surface area (Å²) < 4.78 is 17.3. The number of carbonyl (C=O) groups excluding carboxylic acids is 2. The number of urea groups is 1. The summed E-state index contributed by atoms with van der Waals surface area (Å²) in [7, 11) is 0. The van der Waals surface area contributed by atoms with Crippen molar-refractivity contribution in [2.24, 2.45) is 0 Å². The molecule has 1 fully saturated rings. The van der Waals surface area contributed by atoms with Gasteiger partial charge in [-0.25, -0.2) is 14.2 Å². The number of nitrogens with zero attached hydrogens (tertiary/aromatic N) is 4. The predicted octanol–water partition coefficient (Wildman–Crippen LogP) is 3.67. The molecule has 5 rings (SSSR count). The molecule has 8 nitrogen and oxygen atoms in total. The van der Waals surface area contributed by atoms with Crippen molar-refractivity contribution in [3.05, 3.63) is 105 Å². The van der Waals surface area contributed by atoms with Crippen LogP contribution >= 0.6 is 0 Å². The quantitative estimate of drug-likeness (QED) is 0.363. The lowest BCUT2D eigenvalue weighted by atomic mass is 10.2. The number of fused-ring (bicyclic) bond motifs is 1. The summed E-state index contributed by atoms with van der Waals surface area (Å²) in [6, 6.07) is 14.3. The van der Waals surface area contributed by atoms with Crippen LogP contribution in [0.3, 0.4) is 0 Å². The van der Waals surface area contributed by atoms with Crippen molar-refractivity contribution in [2.45, 2.75) is 27.3 Å². The molecular weight excluding hydrogens is 449 g/mol. The minimum Gasteiger partial charge on any atom is -0.303 e. The van der Waals surface area contributed by atoms with Crippen molar-refractivity contribution < 1.29 is 14.0 Å². The highest BCUT2D eigenvalue weighted by Gasteiger charge is 2.34. The van der Waals surface area contributed by atoms with E-state index in [1.54, 1.807) is 48.0 Å². The molecule has 1 saturated heterocycles. The number of nitrogens with one attached hydrogen (secondary N) is 1. The largest absolute Gasteiger partial charge is 0.329 e. The van der Waals surface area contributed by atoms with Gasteiger partial charge in [0, 0.05) is 17.0 Å². The third kappa shape index (κ3) is 3.71. The Labute approximate surface area is 199 Å². The molecule has 3 heterocycles. The van der Waals surface area contributed by atoms with E-state index in [0.29, 0.717) is 28.0 Å². The van der Waals surface area contributed by atoms with Gasteiger partial charge in [0.25, 0.3) is 11.5 Å². The number of hydrogen-bond acceptors (Lipinski definition) is 4. The van der Waals surface area contributed by atoms with Gasteiger partial charge >= 0.3 is 6.03 Å². The number of carbonyl (C=O) groups is 2. The van der Waals surface area contributed by atoms with Crippen LogP contribution < -0.4 is 10.9 Å². The maximum atomic E-state index is 14.0. The molecule has 1 N–H and O–H groups in total. The zero-order valence-corrected chi connectivity index (χ0v) is 19.4. The Morgan fingerprint density at radius 1 is 0.971 bits per heavy atom. The first-order chi connectivity index (χ1) is 16.8. The van der Waals surface area contributed by atoms with E-state index < -0.39 is 17.8 Å². The zero-order valence-electron chi connectivity index (χ0n) is 19.4. The number of aromatic nitrogens is 3. The Bertz CT molecular complexity index is 1620. The number of aryl methyl sites for hydroxylation is 2. The van der Waals surface area contributed by atoms with Crippen LogP contribution in [0.25, 0.3) is 17.0 Å². The van der Waals surface area contributed by atoms with Gasteiger partial charge in [-0.05, 0) is 56.7 Å². The molecule has 2 aromatic heterocycles. The number of rotatable bonds is 4. The molecule has 0 saturated carbocycles. The average Bonchev–Trinajstić information content (AvgIpc) is 3.25.